The van der Waals surface area contributed by atoms with Crippen LogP contribution in [0.4, 0.5) is 5.69 Å². The van der Waals surface area contributed by atoms with E-state index < -0.39 is 0 Å². The van der Waals surface area contributed by atoms with Gasteiger partial charge in [0.25, 0.3) is 0 Å². The van der Waals surface area contributed by atoms with Crippen LogP contribution in [0, 0.1) is 0 Å². The zero-order chi connectivity index (χ0) is 31.1. The van der Waals surface area contributed by atoms with Crippen molar-refractivity contribution >= 4 is 11.8 Å². The smallest absolute Gasteiger partial charge is 0.0885 e. The van der Waals surface area contributed by atoms with Gasteiger partial charge in [0.15, 0.2) is 6.54 Å². The molecule has 0 radical (unpaired) electrons. The van der Waals surface area contributed by atoms with E-state index >= 15 is 0 Å². The van der Waals surface area contributed by atoms with Crippen molar-refractivity contribution < 1.29 is 4.70 Å². The maximum Gasteiger partial charge on any atom is 0.206 e. The Balaban J connectivity index is 2.26. The van der Waals surface area contributed by atoms with Crippen LogP contribution in [0.2, 0.25) is 0 Å². The van der Waals surface area contributed by atoms with E-state index in [1.165, 1.54) is 144 Å². The predicted octanol–water partition coefficient (Wildman–Crippen LogP) is 13.4. The molecule has 2 rings (SSSR count). The number of allylic oxidation sites excluding steroid dienone is 1. The molecule has 0 unspecified atom stereocenters. The molecule has 43 heavy (non-hydrogen) atoms. The van der Waals surface area contributed by atoms with Crippen molar-refractivity contribution in [1.82, 2.24) is 0 Å². The fraction of sp³-hybridized carbons (Fsp3) is 0.659. The Kier molecular flexibility index (Phi) is 19.9. The van der Waals surface area contributed by atoms with Crippen LogP contribution in [-0.2, 0) is 25.7 Å². The first-order valence-corrected chi connectivity index (χ1v) is 18.5. The lowest BCUT2D eigenvalue weighted by Crippen LogP contribution is -2.06. The molecular formula is C41H67N2+. The summed E-state index contributed by atoms with van der Waals surface area (Å²) in [7, 11) is 0. The number of aryl methyl sites for hydroxylation is 3. The molecule has 0 spiro atoms. The van der Waals surface area contributed by atoms with Gasteiger partial charge in [-0.25, -0.2) is 0 Å². The summed E-state index contributed by atoms with van der Waals surface area (Å²) in [4.78, 5) is 0. The van der Waals surface area contributed by atoms with Crippen LogP contribution in [0.5, 0.6) is 0 Å². The summed E-state index contributed by atoms with van der Waals surface area (Å²) in [5.41, 5.74) is 9.79. The van der Waals surface area contributed by atoms with Crippen LogP contribution in [0.15, 0.2) is 47.2 Å². The van der Waals surface area contributed by atoms with Crippen LogP contribution in [0.3, 0.4) is 0 Å². The lowest BCUT2D eigenvalue weighted by Gasteiger charge is -2.15. The summed E-state index contributed by atoms with van der Waals surface area (Å²) < 4.78 is 2.20. The molecule has 2 heteroatoms. The second-order valence-corrected chi connectivity index (χ2v) is 12.8. The standard InChI is InChI=1S/C41H67N2/c1-7-12-15-18-20-23-29-39-34-40(33-38(10-4)41(39)30-24-21-19-16-13-8-2)42-43(11-5)35(6)31-37-28-25-27-36(32-37)26-22-17-14-9-3/h25,27-28,31-34H,7-24,26,29-30H2,1-6H3/q+1. The zero-order valence-electron chi connectivity index (χ0n) is 29.3. The molecule has 2 nitrogen and oxygen atoms in total. The van der Waals surface area contributed by atoms with E-state index in [4.69, 9.17) is 5.11 Å². The van der Waals surface area contributed by atoms with E-state index in [0.717, 1.165) is 18.7 Å². The predicted molar refractivity (Wildman–Crippen MR) is 191 cm³/mol. The fourth-order valence-corrected chi connectivity index (χ4v) is 6.32. The van der Waals surface area contributed by atoms with E-state index in [0.29, 0.717) is 0 Å². The van der Waals surface area contributed by atoms with Crippen LogP contribution < -0.4 is 0 Å². The van der Waals surface area contributed by atoms with Gasteiger partial charge in [0, 0.05) is 13.0 Å². The molecule has 0 fully saturated rings. The topological polar surface area (TPSA) is 15.4 Å². The number of rotatable bonds is 24. The molecular weight excluding hydrogens is 520 g/mol. The molecule has 0 aliphatic heterocycles. The Hall–Kier alpha value is -2.22. The van der Waals surface area contributed by atoms with Gasteiger partial charge in [-0.2, -0.15) is 0 Å². The van der Waals surface area contributed by atoms with E-state index in [2.05, 4.69) is 88.7 Å². The molecule has 0 aliphatic carbocycles. The maximum absolute atomic E-state index is 5.24. The van der Waals surface area contributed by atoms with Gasteiger partial charge in [-0.1, -0.05) is 140 Å². The van der Waals surface area contributed by atoms with Gasteiger partial charge in [0.2, 0.25) is 5.70 Å². The third-order valence-corrected chi connectivity index (χ3v) is 8.97. The molecule has 0 atom stereocenters. The van der Waals surface area contributed by atoms with Gasteiger partial charge in [-0.3, -0.25) is 0 Å². The van der Waals surface area contributed by atoms with Gasteiger partial charge < -0.3 is 0 Å². The van der Waals surface area contributed by atoms with E-state index in [1.54, 1.807) is 11.1 Å². The van der Waals surface area contributed by atoms with Crippen molar-refractivity contribution in [2.75, 3.05) is 6.54 Å². The summed E-state index contributed by atoms with van der Waals surface area (Å²) >= 11 is 0. The van der Waals surface area contributed by atoms with Gasteiger partial charge in [0.05, 0.1) is 0 Å². The second-order valence-electron chi connectivity index (χ2n) is 12.8. The minimum atomic E-state index is 0.868. The Morgan fingerprint density at radius 3 is 1.81 bits per heavy atom. The van der Waals surface area contributed by atoms with Crippen molar-refractivity contribution in [2.24, 2.45) is 5.11 Å². The molecule has 240 valence electrons. The first-order valence-electron chi connectivity index (χ1n) is 18.5. The van der Waals surface area contributed by atoms with Crippen molar-refractivity contribution in [2.45, 2.75) is 170 Å². The van der Waals surface area contributed by atoms with Gasteiger partial charge in [-0.05, 0) is 96.9 Å². The van der Waals surface area contributed by atoms with Crippen LogP contribution in [-0.4, -0.2) is 11.2 Å². The Morgan fingerprint density at radius 1 is 0.628 bits per heavy atom. The summed E-state index contributed by atoms with van der Waals surface area (Å²) in [6.45, 7) is 14.5. The minimum Gasteiger partial charge on any atom is -0.0885 e. The van der Waals surface area contributed by atoms with Crippen molar-refractivity contribution in [1.29, 1.82) is 0 Å². The van der Waals surface area contributed by atoms with Crippen LogP contribution >= 0.6 is 0 Å². The lowest BCUT2D eigenvalue weighted by atomic mass is 9.90. The fourth-order valence-electron chi connectivity index (χ4n) is 6.32. The molecule has 0 aromatic heterocycles. The average Bonchev–Trinajstić information content (AvgIpc) is 3.02. The van der Waals surface area contributed by atoms with Crippen molar-refractivity contribution in [3.63, 3.8) is 0 Å². The largest absolute Gasteiger partial charge is 0.206 e. The third-order valence-electron chi connectivity index (χ3n) is 8.97. The first kappa shape index (κ1) is 37.0. The highest BCUT2D eigenvalue weighted by Gasteiger charge is 2.14. The molecule has 0 saturated carbocycles. The van der Waals surface area contributed by atoms with Crippen LogP contribution in [0.1, 0.15) is 172 Å². The van der Waals surface area contributed by atoms with Crippen molar-refractivity contribution in [3.8, 4) is 0 Å². The Labute approximate surface area is 267 Å². The minimum absolute atomic E-state index is 0.868. The van der Waals surface area contributed by atoms with Gasteiger partial charge in [0.1, 0.15) is 5.69 Å². The quantitative estimate of drug-likeness (QED) is 0.0659. The summed E-state index contributed by atoms with van der Waals surface area (Å²) in [6, 6.07) is 13.9. The summed E-state index contributed by atoms with van der Waals surface area (Å²) in [6.07, 6.45) is 28.5. The highest BCUT2D eigenvalue weighted by molar-refractivity contribution is 5.52. The van der Waals surface area contributed by atoms with Gasteiger partial charge in [-0.15, -0.1) is 0 Å². The van der Waals surface area contributed by atoms with E-state index in [1.807, 2.05) is 0 Å². The SMILES string of the molecule is CCCCCCCCc1cc(N=[N+](CC)C(C)=Cc2cccc(CCCCCC)c2)cc(CC)c1CCCCCCCC. The molecule has 0 bridgehead atoms. The van der Waals surface area contributed by atoms with Crippen LogP contribution in [0.25, 0.3) is 6.08 Å². The molecule has 2 aromatic carbocycles. The number of nitrogens with zero attached hydrogens (tertiary/aromatic N) is 2. The number of hydrogen-bond donors (Lipinski definition) is 0. The summed E-state index contributed by atoms with van der Waals surface area (Å²) in [5, 5.41) is 5.24. The Morgan fingerprint density at radius 2 is 1.19 bits per heavy atom. The summed E-state index contributed by atoms with van der Waals surface area (Å²) in [5.74, 6) is 0. The number of unbranched alkanes of at least 4 members (excludes halogenated alkanes) is 13. The number of hydrogen-bond acceptors (Lipinski definition) is 1. The maximum atomic E-state index is 5.24. The zero-order valence-corrected chi connectivity index (χ0v) is 29.3. The first-order chi connectivity index (χ1) is 21.1. The van der Waals surface area contributed by atoms with Crippen molar-refractivity contribution in [3.05, 3.63) is 69.9 Å². The monoisotopic (exact) mass is 588 g/mol. The number of azo groups is 2. The molecule has 2 aromatic rings. The number of benzene rings is 2. The molecule has 0 saturated heterocycles. The molecule has 0 heterocycles. The van der Waals surface area contributed by atoms with Gasteiger partial charge >= 0.3 is 0 Å². The average molecular weight is 588 g/mol. The lowest BCUT2D eigenvalue weighted by molar-refractivity contribution is -0.537. The molecule has 0 amide bonds. The Bertz CT molecular complexity index is 1080. The molecule has 0 N–H and O–H groups in total. The normalized spacial score (nSPS) is 12.3. The highest BCUT2D eigenvalue weighted by Crippen LogP contribution is 2.28. The second kappa shape index (κ2) is 23.2. The van der Waals surface area contributed by atoms with E-state index in [-0.39, 0.29) is 0 Å². The van der Waals surface area contributed by atoms with E-state index in [9.17, 15) is 0 Å². The highest BCUT2D eigenvalue weighted by atomic mass is 15.3. The third kappa shape index (κ3) is 14.9. The molecule has 0 aliphatic rings.